The summed E-state index contributed by atoms with van der Waals surface area (Å²) < 4.78 is 7.82. The number of hydrogen-bond donors (Lipinski definition) is 1. The molecule has 19 heavy (non-hydrogen) atoms. The SMILES string of the molecule is CNC(COC(C)(C)C)Cc1ncnn1CC(C)C. The van der Waals surface area contributed by atoms with Crippen molar-refractivity contribution in [1.82, 2.24) is 20.1 Å². The average Bonchev–Trinajstić information content (AvgIpc) is 2.69. The zero-order valence-corrected chi connectivity index (χ0v) is 13.1. The summed E-state index contributed by atoms with van der Waals surface area (Å²) in [6.07, 6.45) is 2.47. The van der Waals surface area contributed by atoms with Crippen LogP contribution in [0.4, 0.5) is 0 Å². The second-order valence-corrected chi connectivity index (χ2v) is 6.37. The molecule has 1 atom stereocenters. The summed E-state index contributed by atoms with van der Waals surface area (Å²) in [4.78, 5) is 4.36. The lowest BCUT2D eigenvalue weighted by atomic mass is 10.1. The highest BCUT2D eigenvalue weighted by atomic mass is 16.5. The topological polar surface area (TPSA) is 52.0 Å². The van der Waals surface area contributed by atoms with Crippen LogP contribution in [0.2, 0.25) is 0 Å². The average molecular weight is 268 g/mol. The van der Waals surface area contributed by atoms with Crippen molar-refractivity contribution in [3.63, 3.8) is 0 Å². The lowest BCUT2D eigenvalue weighted by Crippen LogP contribution is -2.37. The van der Waals surface area contributed by atoms with Gasteiger partial charge >= 0.3 is 0 Å². The van der Waals surface area contributed by atoms with Crippen molar-refractivity contribution in [3.05, 3.63) is 12.2 Å². The first-order valence-electron chi connectivity index (χ1n) is 6.99. The van der Waals surface area contributed by atoms with Gasteiger partial charge in [-0.25, -0.2) is 9.67 Å². The van der Waals surface area contributed by atoms with Gasteiger partial charge in [-0.15, -0.1) is 0 Å². The fourth-order valence-electron chi connectivity index (χ4n) is 1.76. The predicted octanol–water partition coefficient (Wildman–Crippen LogP) is 1.88. The van der Waals surface area contributed by atoms with E-state index in [1.165, 1.54) is 0 Å². The highest BCUT2D eigenvalue weighted by molar-refractivity contribution is 4.90. The maximum Gasteiger partial charge on any atom is 0.138 e. The maximum atomic E-state index is 5.83. The number of aromatic nitrogens is 3. The lowest BCUT2D eigenvalue weighted by molar-refractivity contribution is -0.0138. The minimum atomic E-state index is -0.110. The fraction of sp³-hybridized carbons (Fsp3) is 0.857. The van der Waals surface area contributed by atoms with Gasteiger partial charge in [0.25, 0.3) is 0 Å². The number of likely N-dealkylation sites (N-methyl/N-ethyl adjacent to an activating group) is 1. The largest absolute Gasteiger partial charge is 0.374 e. The third-order valence-electron chi connectivity index (χ3n) is 2.79. The molecule has 110 valence electrons. The van der Waals surface area contributed by atoms with Crippen LogP contribution in [0.15, 0.2) is 6.33 Å². The molecule has 1 heterocycles. The smallest absolute Gasteiger partial charge is 0.138 e. The molecule has 0 spiro atoms. The molecule has 1 unspecified atom stereocenters. The Morgan fingerprint density at radius 3 is 2.58 bits per heavy atom. The van der Waals surface area contributed by atoms with Crippen molar-refractivity contribution < 1.29 is 4.74 Å². The normalized spacial score (nSPS) is 14.1. The van der Waals surface area contributed by atoms with Crippen molar-refractivity contribution in [1.29, 1.82) is 0 Å². The summed E-state index contributed by atoms with van der Waals surface area (Å²) in [5.74, 6) is 1.59. The van der Waals surface area contributed by atoms with Crippen molar-refractivity contribution in [2.45, 2.75) is 59.2 Å². The van der Waals surface area contributed by atoms with Crippen molar-refractivity contribution in [2.75, 3.05) is 13.7 Å². The van der Waals surface area contributed by atoms with E-state index in [0.717, 1.165) is 18.8 Å². The van der Waals surface area contributed by atoms with Gasteiger partial charge in [0.05, 0.1) is 12.2 Å². The Morgan fingerprint density at radius 2 is 2.05 bits per heavy atom. The van der Waals surface area contributed by atoms with Gasteiger partial charge in [-0.2, -0.15) is 5.10 Å². The van der Waals surface area contributed by atoms with Crippen LogP contribution in [0.1, 0.15) is 40.4 Å². The van der Waals surface area contributed by atoms with Gasteiger partial charge in [0, 0.05) is 19.0 Å². The molecule has 1 N–H and O–H groups in total. The quantitative estimate of drug-likeness (QED) is 0.820. The zero-order chi connectivity index (χ0) is 14.5. The molecule has 0 saturated heterocycles. The first-order chi connectivity index (χ1) is 8.81. The fourth-order valence-corrected chi connectivity index (χ4v) is 1.76. The second-order valence-electron chi connectivity index (χ2n) is 6.37. The van der Waals surface area contributed by atoms with Gasteiger partial charge in [0.15, 0.2) is 0 Å². The first kappa shape index (κ1) is 16.1. The zero-order valence-electron chi connectivity index (χ0n) is 13.1. The van der Waals surface area contributed by atoms with Crippen molar-refractivity contribution in [2.24, 2.45) is 5.92 Å². The Bertz CT molecular complexity index is 368. The predicted molar refractivity (Wildman–Crippen MR) is 77.1 cm³/mol. The molecule has 0 bridgehead atoms. The van der Waals surface area contributed by atoms with Crippen molar-refractivity contribution >= 4 is 0 Å². The number of rotatable bonds is 7. The monoisotopic (exact) mass is 268 g/mol. The van der Waals surface area contributed by atoms with Crippen LogP contribution in [0, 0.1) is 5.92 Å². The van der Waals surface area contributed by atoms with Crippen LogP contribution in [-0.2, 0) is 17.7 Å². The molecule has 1 rings (SSSR count). The molecule has 0 radical (unpaired) electrons. The molecule has 5 heteroatoms. The van der Waals surface area contributed by atoms with E-state index in [1.54, 1.807) is 6.33 Å². The molecule has 0 amide bonds. The molecule has 1 aromatic rings. The van der Waals surface area contributed by atoms with Crippen LogP contribution in [-0.4, -0.2) is 40.1 Å². The van der Waals surface area contributed by atoms with Crippen LogP contribution in [0.25, 0.3) is 0 Å². The van der Waals surface area contributed by atoms with Gasteiger partial charge in [-0.3, -0.25) is 0 Å². The Hall–Kier alpha value is -0.940. The van der Waals surface area contributed by atoms with Crippen molar-refractivity contribution in [3.8, 4) is 0 Å². The highest BCUT2D eigenvalue weighted by Crippen LogP contribution is 2.09. The summed E-state index contributed by atoms with van der Waals surface area (Å²) in [6.45, 7) is 12.2. The van der Waals surface area contributed by atoms with E-state index in [-0.39, 0.29) is 11.6 Å². The van der Waals surface area contributed by atoms with Gasteiger partial charge in [0.1, 0.15) is 12.2 Å². The lowest BCUT2D eigenvalue weighted by Gasteiger charge is -2.24. The molecule has 0 aromatic carbocycles. The van der Waals surface area contributed by atoms with Crippen LogP contribution < -0.4 is 5.32 Å². The Kier molecular flexibility index (Phi) is 5.94. The number of nitrogens with one attached hydrogen (secondary N) is 1. The molecule has 0 fully saturated rings. The first-order valence-corrected chi connectivity index (χ1v) is 6.99. The molecular weight excluding hydrogens is 240 g/mol. The Labute approximate surface area is 116 Å². The number of nitrogens with zero attached hydrogens (tertiary/aromatic N) is 3. The van der Waals surface area contributed by atoms with E-state index in [4.69, 9.17) is 4.74 Å². The van der Waals surface area contributed by atoms with E-state index in [9.17, 15) is 0 Å². The molecule has 1 aromatic heterocycles. The van der Waals surface area contributed by atoms with Crippen LogP contribution in [0.5, 0.6) is 0 Å². The minimum absolute atomic E-state index is 0.110. The molecule has 0 aliphatic rings. The summed E-state index contributed by atoms with van der Waals surface area (Å²) in [7, 11) is 1.96. The summed E-state index contributed by atoms with van der Waals surface area (Å²) in [6, 6.07) is 0.259. The van der Waals surface area contributed by atoms with E-state index in [1.807, 2.05) is 11.7 Å². The molecule has 0 aliphatic heterocycles. The highest BCUT2D eigenvalue weighted by Gasteiger charge is 2.17. The Balaban J connectivity index is 2.58. The summed E-state index contributed by atoms with van der Waals surface area (Å²) in [5.41, 5.74) is -0.110. The molecular formula is C14H28N4O. The number of ether oxygens (including phenoxy) is 1. The van der Waals surface area contributed by atoms with Crippen LogP contribution in [0.3, 0.4) is 0 Å². The third kappa shape index (κ3) is 6.16. The van der Waals surface area contributed by atoms with E-state index in [2.05, 4.69) is 50.0 Å². The van der Waals surface area contributed by atoms with E-state index < -0.39 is 0 Å². The number of hydrogen-bond acceptors (Lipinski definition) is 4. The van der Waals surface area contributed by atoms with Gasteiger partial charge in [-0.05, 0) is 33.7 Å². The van der Waals surface area contributed by atoms with E-state index in [0.29, 0.717) is 12.5 Å². The summed E-state index contributed by atoms with van der Waals surface area (Å²) >= 11 is 0. The molecule has 0 aliphatic carbocycles. The maximum absolute atomic E-state index is 5.83. The van der Waals surface area contributed by atoms with E-state index >= 15 is 0 Å². The van der Waals surface area contributed by atoms with Gasteiger partial charge in [0.2, 0.25) is 0 Å². The molecule has 5 nitrogen and oxygen atoms in total. The second kappa shape index (κ2) is 7.01. The van der Waals surface area contributed by atoms with Gasteiger partial charge in [-0.1, -0.05) is 13.8 Å². The molecule has 0 saturated carbocycles. The van der Waals surface area contributed by atoms with Crippen LogP contribution >= 0.6 is 0 Å². The Morgan fingerprint density at radius 1 is 1.37 bits per heavy atom. The standard InChI is InChI=1S/C14H28N4O/c1-11(2)8-18-13(16-10-17-18)7-12(15-6)9-19-14(3,4)5/h10-12,15H,7-9H2,1-6H3. The third-order valence-corrected chi connectivity index (χ3v) is 2.79. The van der Waals surface area contributed by atoms with Gasteiger partial charge < -0.3 is 10.1 Å². The minimum Gasteiger partial charge on any atom is -0.374 e. The summed E-state index contributed by atoms with van der Waals surface area (Å²) in [5, 5.41) is 7.58.